The molecule has 8 aromatic rings. The zero-order chi connectivity index (χ0) is 32.3. The minimum atomic E-state index is 0.237. The van der Waals surface area contributed by atoms with Crippen molar-refractivity contribution >= 4 is 38.6 Å². The van der Waals surface area contributed by atoms with Crippen molar-refractivity contribution in [3.05, 3.63) is 211 Å². The van der Waals surface area contributed by atoms with E-state index >= 15 is 0 Å². The molecule has 1 nitrogen and oxygen atoms in total. The third kappa shape index (κ3) is 5.65. The monoisotopic (exact) mass is 615 g/mol. The van der Waals surface area contributed by atoms with E-state index < -0.39 is 0 Å². The van der Waals surface area contributed by atoms with Crippen molar-refractivity contribution in [3.63, 3.8) is 0 Å². The molecule has 0 heterocycles. The first-order valence-electron chi connectivity index (χ1n) is 16.8. The second-order valence-corrected chi connectivity index (χ2v) is 12.6. The number of fused-ring (bicyclic) bond motifs is 2. The topological polar surface area (TPSA) is 3.24 Å². The van der Waals surface area contributed by atoms with Crippen LogP contribution in [0.5, 0.6) is 0 Å². The molecule has 0 aromatic heterocycles. The van der Waals surface area contributed by atoms with Crippen molar-refractivity contribution in [2.45, 2.75) is 18.8 Å². The maximum Gasteiger partial charge on any atom is 0.0540 e. The lowest BCUT2D eigenvalue weighted by Crippen LogP contribution is -2.11. The van der Waals surface area contributed by atoms with Crippen molar-refractivity contribution in [3.8, 4) is 11.1 Å². The van der Waals surface area contributed by atoms with Gasteiger partial charge in [-0.25, -0.2) is 0 Å². The molecule has 8 aromatic carbocycles. The van der Waals surface area contributed by atoms with Gasteiger partial charge in [0.1, 0.15) is 0 Å². The first kappa shape index (κ1) is 29.5. The van der Waals surface area contributed by atoms with Crippen molar-refractivity contribution in [1.82, 2.24) is 0 Å². The van der Waals surface area contributed by atoms with Gasteiger partial charge in [0.25, 0.3) is 0 Å². The number of para-hydroxylation sites is 1. The largest absolute Gasteiger partial charge is 0.310 e. The van der Waals surface area contributed by atoms with Crippen molar-refractivity contribution in [1.29, 1.82) is 0 Å². The lowest BCUT2D eigenvalue weighted by Gasteiger charge is -2.27. The molecule has 1 heteroatoms. The summed E-state index contributed by atoms with van der Waals surface area (Å²) >= 11 is 0. The summed E-state index contributed by atoms with van der Waals surface area (Å²) in [4.78, 5) is 2.36. The van der Waals surface area contributed by atoms with Gasteiger partial charge in [-0.15, -0.1) is 0 Å². The lowest BCUT2D eigenvalue weighted by atomic mass is 9.76. The third-order valence-corrected chi connectivity index (χ3v) is 9.73. The summed E-state index contributed by atoms with van der Waals surface area (Å²) < 4.78 is 0. The Morgan fingerprint density at radius 2 is 0.875 bits per heavy atom. The standard InChI is InChI=1S/C47H37N/c1-34(47(40-16-4-2-5-17-40)45-24-12-18-38-14-8-10-22-43(38)45)35-26-28-36(29-27-35)37-30-32-42(33-31-37)48(41-20-6-3-7-21-41)46-25-13-19-39-15-9-11-23-44(39)46/h2-34,47H,1H3. The summed E-state index contributed by atoms with van der Waals surface area (Å²) in [5.74, 6) is 0.523. The van der Waals surface area contributed by atoms with Gasteiger partial charge in [0.15, 0.2) is 0 Å². The number of benzene rings is 8. The van der Waals surface area contributed by atoms with Gasteiger partial charge in [-0.2, -0.15) is 0 Å². The molecule has 0 spiro atoms. The number of hydrogen-bond donors (Lipinski definition) is 0. The molecule has 230 valence electrons. The van der Waals surface area contributed by atoms with Crippen LogP contribution in [0.25, 0.3) is 32.7 Å². The summed E-state index contributed by atoms with van der Waals surface area (Å²) in [7, 11) is 0. The fraction of sp³-hybridized carbons (Fsp3) is 0.0638. The van der Waals surface area contributed by atoms with Gasteiger partial charge in [0, 0.05) is 22.7 Å². The van der Waals surface area contributed by atoms with Gasteiger partial charge in [0.2, 0.25) is 0 Å². The quantitative estimate of drug-likeness (QED) is 0.164. The van der Waals surface area contributed by atoms with Gasteiger partial charge in [-0.05, 0) is 80.2 Å². The lowest BCUT2D eigenvalue weighted by molar-refractivity contribution is 0.662. The van der Waals surface area contributed by atoms with E-state index in [1.807, 2.05) is 0 Å². The molecule has 0 bridgehead atoms. The van der Waals surface area contributed by atoms with Crippen molar-refractivity contribution in [2.75, 3.05) is 4.90 Å². The van der Waals surface area contributed by atoms with Crippen molar-refractivity contribution in [2.24, 2.45) is 0 Å². The molecule has 0 aliphatic rings. The van der Waals surface area contributed by atoms with E-state index in [-0.39, 0.29) is 11.8 Å². The van der Waals surface area contributed by atoms with Crippen LogP contribution in [0.15, 0.2) is 194 Å². The first-order valence-corrected chi connectivity index (χ1v) is 16.8. The first-order chi connectivity index (χ1) is 23.7. The Morgan fingerprint density at radius 1 is 0.375 bits per heavy atom. The second-order valence-electron chi connectivity index (χ2n) is 12.6. The van der Waals surface area contributed by atoms with Crippen LogP contribution in [0, 0.1) is 0 Å². The molecule has 0 aliphatic carbocycles. The molecule has 8 rings (SSSR count). The predicted molar refractivity (Wildman–Crippen MR) is 205 cm³/mol. The Hall–Kier alpha value is -5.92. The Labute approximate surface area is 283 Å². The van der Waals surface area contributed by atoms with E-state index in [4.69, 9.17) is 0 Å². The summed E-state index contributed by atoms with van der Waals surface area (Å²) in [6.45, 7) is 2.37. The highest BCUT2D eigenvalue weighted by molar-refractivity contribution is 5.99. The number of anilines is 3. The zero-order valence-corrected chi connectivity index (χ0v) is 27.1. The van der Waals surface area contributed by atoms with E-state index in [1.165, 1.54) is 55.0 Å². The summed E-state index contributed by atoms with van der Waals surface area (Å²) in [5, 5.41) is 5.07. The van der Waals surface area contributed by atoms with Gasteiger partial charge in [-0.1, -0.05) is 171 Å². The van der Waals surface area contributed by atoms with Crippen LogP contribution in [0.4, 0.5) is 17.1 Å². The Balaban J connectivity index is 1.12. The predicted octanol–water partition coefficient (Wildman–Crippen LogP) is 13.1. The van der Waals surface area contributed by atoms with Crippen LogP contribution in [-0.2, 0) is 0 Å². The molecule has 0 N–H and O–H groups in total. The molecule has 0 fully saturated rings. The number of nitrogens with zero attached hydrogens (tertiary/aromatic N) is 1. The van der Waals surface area contributed by atoms with Crippen LogP contribution in [0.1, 0.15) is 35.4 Å². The van der Waals surface area contributed by atoms with Gasteiger partial charge >= 0.3 is 0 Å². The van der Waals surface area contributed by atoms with E-state index in [0.29, 0.717) is 0 Å². The number of rotatable bonds is 8. The minimum absolute atomic E-state index is 0.237. The molecular weight excluding hydrogens is 579 g/mol. The van der Waals surface area contributed by atoms with Gasteiger partial charge < -0.3 is 4.90 Å². The Kier molecular flexibility index (Phi) is 8.02. The Morgan fingerprint density at radius 3 is 1.56 bits per heavy atom. The fourth-order valence-corrected chi connectivity index (χ4v) is 7.30. The average molecular weight is 616 g/mol. The summed E-state index contributed by atoms with van der Waals surface area (Å²) in [5.41, 5.74) is 9.92. The van der Waals surface area contributed by atoms with Crippen LogP contribution in [0.2, 0.25) is 0 Å². The van der Waals surface area contributed by atoms with Gasteiger partial charge in [0.05, 0.1) is 5.69 Å². The number of hydrogen-bond acceptors (Lipinski definition) is 1. The normalized spacial score (nSPS) is 12.5. The molecule has 0 aliphatic heterocycles. The van der Waals surface area contributed by atoms with E-state index in [1.54, 1.807) is 0 Å². The fourth-order valence-electron chi connectivity index (χ4n) is 7.30. The molecule has 0 saturated carbocycles. The van der Waals surface area contributed by atoms with E-state index in [2.05, 4.69) is 206 Å². The molecular formula is C47H37N. The zero-order valence-electron chi connectivity index (χ0n) is 27.1. The molecule has 2 unspecified atom stereocenters. The molecule has 0 saturated heterocycles. The van der Waals surface area contributed by atoms with Gasteiger partial charge in [-0.3, -0.25) is 0 Å². The van der Waals surface area contributed by atoms with Crippen LogP contribution >= 0.6 is 0 Å². The summed E-state index contributed by atoms with van der Waals surface area (Å²) in [6.07, 6.45) is 0. The van der Waals surface area contributed by atoms with Crippen LogP contribution in [-0.4, -0.2) is 0 Å². The SMILES string of the molecule is CC(c1ccc(-c2ccc(N(c3ccccc3)c3cccc4ccccc34)cc2)cc1)C(c1ccccc1)c1cccc2ccccc12. The summed E-state index contributed by atoms with van der Waals surface area (Å²) in [6, 6.07) is 70.4. The van der Waals surface area contributed by atoms with E-state index in [0.717, 1.165) is 11.4 Å². The molecule has 48 heavy (non-hydrogen) atoms. The second kappa shape index (κ2) is 13.1. The smallest absolute Gasteiger partial charge is 0.0540 e. The molecule has 0 amide bonds. The highest BCUT2D eigenvalue weighted by atomic mass is 15.1. The maximum absolute atomic E-state index is 2.37. The van der Waals surface area contributed by atoms with Crippen LogP contribution < -0.4 is 4.90 Å². The highest BCUT2D eigenvalue weighted by Crippen LogP contribution is 2.42. The van der Waals surface area contributed by atoms with E-state index in [9.17, 15) is 0 Å². The third-order valence-electron chi connectivity index (χ3n) is 9.73. The van der Waals surface area contributed by atoms with Crippen molar-refractivity contribution < 1.29 is 0 Å². The molecule has 0 radical (unpaired) electrons. The Bertz CT molecular complexity index is 2280. The molecule has 2 atom stereocenters. The maximum atomic E-state index is 2.37. The highest BCUT2D eigenvalue weighted by Gasteiger charge is 2.24. The minimum Gasteiger partial charge on any atom is -0.310 e. The average Bonchev–Trinajstić information content (AvgIpc) is 3.16. The van der Waals surface area contributed by atoms with Crippen LogP contribution in [0.3, 0.4) is 0 Å².